The minimum Gasteiger partial charge on any atom is -0.183 e. The van der Waals surface area contributed by atoms with Crippen LogP contribution in [-0.2, 0) is 0 Å². The Morgan fingerprint density at radius 3 is 2.00 bits per heavy atom. The van der Waals surface area contributed by atoms with Crippen molar-refractivity contribution in [1.82, 2.24) is 0 Å². The first kappa shape index (κ1) is 11.2. The smallest absolute Gasteiger partial charge is 0.183 e. The summed E-state index contributed by atoms with van der Waals surface area (Å²) in [5, 5.41) is 8.40. The summed E-state index contributed by atoms with van der Waals surface area (Å²) in [4.78, 5) is 3.82. The van der Waals surface area contributed by atoms with Gasteiger partial charge in [0.05, 0.1) is 0 Å². The Labute approximate surface area is 75.3 Å². The molecule has 0 fully saturated rings. The Kier molecular flexibility index (Phi) is 7.68. The van der Waals surface area contributed by atoms with Crippen molar-refractivity contribution in [2.75, 3.05) is 0 Å². The summed E-state index contributed by atoms with van der Waals surface area (Å²) >= 11 is 0. The van der Waals surface area contributed by atoms with Gasteiger partial charge in [0.2, 0.25) is 6.19 Å². The lowest BCUT2D eigenvalue weighted by molar-refractivity contribution is 0.786. The first-order valence-electron chi connectivity index (χ1n) is 4.79. The van der Waals surface area contributed by atoms with Crippen LogP contribution >= 0.6 is 0 Å². The largest absolute Gasteiger partial charge is 0.205 e. The summed E-state index contributed by atoms with van der Waals surface area (Å²) < 4.78 is 0. The maximum Gasteiger partial charge on any atom is 0.205 e. The molecule has 0 saturated heterocycles. The van der Waals surface area contributed by atoms with Gasteiger partial charge in [-0.1, -0.05) is 26.7 Å². The second-order valence-corrected chi connectivity index (χ2v) is 2.99. The van der Waals surface area contributed by atoms with Gasteiger partial charge in [-0.25, -0.2) is 0 Å². The number of hydrogen-bond acceptors (Lipinski definition) is 2. The fourth-order valence-corrected chi connectivity index (χ4v) is 1.07. The van der Waals surface area contributed by atoms with E-state index in [0.29, 0.717) is 0 Å². The van der Waals surface area contributed by atoms with Crippen LogP contribution in [0.4, 0.5) is 0 Å². The fourth-order valence-electron chi connectivity index (χ4n) is 1.07. The summed E-state index contributed by atoms with van der Waals surface area (Å²) in [6, 6.07) is 0. The summed E-state index contributed by atoms with van der Waals surface area (Å²) in [6.07, 6.45) is 8.55. The van der Waals surface area contributed by atoms with Gasteiger partial charge in [-0.2, -0.15) is 10.3 Å². The van der Waals surface area contributed by atoms with Crippen LogP contribution in [0.1, 0.15) is 52.4 Å². The van der Waals surface area contributed by atoms with Crippen molar-refractivity contribution in [2.24, 2.45) is 4.99 Å². The molecule has 0 radical (unpaired) electrons. The Hall–Kier alpha value is -0.840. The second kappa shape index (κ2) is 8.26. The molecule has 0 saturated carbocycles. The SMILES string of the molecule is CCCCC(CCCC)=NC#N. The summed E-state index contributed by atoms with van der Waals surface area (Å²) in [5.41, 5.74) is 1.08. The van der Waals surface area contributed by atoms with Crippen molar-refractivity contribution >= 4 is 5.71 Å². The van der Waals surface area contributed by atoms with Gasteiger partial charge in [-0.05, 0) is 25.7 Å². The van der Waals surface area contributed by atoms with Gasteiger partial charge in [0.15, 0.2) is 0 Å². The Morgan fingerprint density at radius 1 is 1.17 bits per heavy atom. The molecule has 0 aromatic rings. The number of unbranched alkanes of at least 4 members (excludes halogenated alkanes) is 2. The van der Waals surface area contributed by atoms with E-state index in [4.69, 9.17) is 5.26 Å². The Balaban J connectivity index is 3.72. The van der Waals surface area contributed by atoms with Crippen LogP contribution in [0.5, 0.6) is 0 Å². The molecule has 0 aromatic carbocycles. The summed E-state index contributed by atoms with van der Waals surface area (Å²) in [5.74, 6) is 0. The maximum atomic E-state index is 8.40. The molecule has 0 aromatic heterocycles. The molecule has 0 rings (SSSR count). The minimum absolute atomic E-state index is 1.00. The normalized spacial score (nSPS) is 9.08. The summed E-state index contributed by atoms with van der Waals surface area (Å²) in [6.45, 7) is 4.31. The molecule has 12 heavy (non-hydrogen) atoms. The standard InChI is InChI=1S/C10H18N2/c1-3-5-7-10(12-9-11)8-6-4-2/h3-8H2,1-2H3. The predicted octanol–water partition coefficient (Wildman–Crippen LogP) is 3.29. The average Bonchev–Trinajstić information content (AvgIpc) is 2.10. The summed E-state index contributed by atoms with van der Waals surface area (Å²) in [7, 11) is 0. The molecule has 2 nitrogen and oxygen atoms in total. The predicted molar refractivity (Wildman–Crippen MR) is 52.1 cm³/mol. The van der Waals surface area contributed by atoms with Gasteiger partial charge in [0.25, 0.3) is 0 Å². The Morgan fingerprint density at radius 2 is 1.67 bits per heavy atom. The first-order valence-corrected chi connectivity index (χ1v) is 4.79. The molecule has 0 atom stereocenters. The van der Waals surface area contributed by atoms with Gasteiger partial charge in [0.1, 0.15) is 0 Å². The van der Waals surface area contributed by atoms with E-state index in [1.165, 1.54) is 12.8 Å². The van der Waals surface area contributed by atoms with Crippen LogP contribution < -0.4 is 0 Å². The van der Waals surface area contributed by atoms with Crippen LogP contribution in [-0.4, -0.2) is 5.71 Å². The molecule has 0 N–H and O–H groups in total. The fraction of sp³-hybridized carbons (Fsp3) is 0.800. The van der Waals surface area contributed by atoms with Crippen LogP contribution in [0.2, 0.25) is 0 Å². The van der Waals surface area contributed by atoms with Crippen molar-refractivity contribution in [3.05, 3.63) is 0 Å². The van der Waals surface area contributed by atoms with Gasteiger partial charge >= 0.3 is 0 Å². The van der Waals surface area contributed by atoms with Gasteiger partial charge in [-0.15, -0.1) is 0 Å². The molecule has 0 aliphatic carbocycles. The second-order valence-electron chi connectivity index (χ2n) is 2.99. The van der Waals surface area contributed by atoms with Crippen molar-refractivity contribution in [3.63, 3.8) is 0 Å². The van der Waals surface area contributed by atoms with E-state index in [9.17, 15) is 0 Å². The van der Waals surface area contributed by atoms with Crippen molar-refractivity contribution < 1.29 is 0 Å². The average molecular weight is 166 g/mol. The van der Waals surface area contributed by atoms with Crippen LogP contribution in [0.3, 0.4) is 0 Å². The molecular weight excluding hydrogens is 148 g/mol. The molecule has 0 amide bonds. The molecule has 0 spiro atoms. The molecule has 0 aliphatic rings. The van der Waals surface area contributed by atoms with E-state index in [1.54, 1.807) is 0 Å². The molecule has 0 heterocycles. The third kappa shape index (κ3) is 5.91. The highest BCUT2D eigenvalue weighted by atomic mass is 14.7. The van der Waals surface area contributed by atoms with Gasteiger partial charge in [-0.3, -0.25) is 0 Å². The van der Waals surface area contributed by atoms with Gasteiger partial charge in [0, 0.05) is 5.71 Å². The van der Waals surface area contributed by atoms with Crippen LogP contribution in [0, 0.1) is 11.5 Å². The molecule has 2 heteroatoms. The highest BCUT2D eigenvalue weighted by Crippen LogP contribution is 2.04. The lowest BCUT2D eigenvalue weighted by atomic mass is 10.1. The maximum absolute atomic E-state index is 8.40. The third-order valence-corrected chi connectivity index (χ3v) is 1.85. The molecule has 0 unspecified atom stereocenters. The van der Waals surface area contributed by atoms with E-state index in [-0.39, 0.29) is 0 Å². The lowest BCUT2D eigenvalue weighted by Crippen LogP contribution is -1.97. The zero-order valence-electron chi connectivity index (χ0n) is 8.14. The monoisotopic (exact) mass is 166 g/mol. The molecule has 0 aliphatic heterocycles. The first-order chi connectivity index (χ1) is 5.85. The third-order valence-electron chi connectivity index (χ3n) is 1.85. The highest BCUT2D eigenvalue weighted by molar-refractivity contribution is 5.85. The zero-order chi connectivity index (χ0) is 9.23. The number of hydrogen-bond donors (Lipinski definition) is 0. The topological polar surface area (TPSA) is 36.1 Å². The number of nitrogens with zero attached hydrogens (tertiary/aromatic N) is 2. The molecule has 0 bridgehead atoms. The van der Waals surface area contributed by atoms with Gasteiger partial charge < -0.3 is 0 Å². The molecular formula is C10H18N2. The minimum atomic E-state index is 1.00. The lowest BCUT2D eigenvalue weighted by Gasteiger charge is -2.01. The van der Waals surface area contributed by atoms with E-state index >= 15 is 0 Å². The zero-order valence-corrected chi connectivity index (χ0v) is 8.14. The van der Waals surface area contributed by atoms with Crippen LogP contribution in [0.15, 0.2) is 4.99 Å². The van der Waals surface area contributed by atoms with E-state index in [0.717, 1.165) is 31.4 Å². The number of aliphatic imine (C=N–C) groups is 1. The van der Waals surface area contributed by atoms with E-state index in [2.05, 4.69) is 18.8 Å². The Bertz CT molecular complexity index is 155. The van der Waals surface area contributed by atoms with Crippen molar-refractivity contribution in [1.29, 1.82) is 5.26 Å². The quantitative estimate of drug-likeness (QED) is 0.440. The number of nitriles is 1. The van der Waals surface area contributed by atoms with E-state index < -0.39 is 0 Å². The highest BCUT2D eigenvalue weighted by Gasteiger charge is 1.97. The van der Waals surface area contributed by atoms with E-state index in [1.807, 2.05) is 6.19 Å². The van der Waals surface area contributed by atoms with Crippen molar-refractivity contribution in [2.45, 2.75) is 52.4 Å². The number of rotatable bonds is 6. The van der Waals surface area contributed by atoms with Crippen molar-refractivity contribution in [3.8, 4) is 6.19 Å². The van der Waals surface area contributed by atoms with Crippen LogP contribution in [0.25, 0.3) is 0 Å². The molecule has 68 valence electrons.